The van der Waals surface area contributed by atoms with Crippen LogP contribution in [0.5, 0.6) is 5.75 Å². The molecule has 5 rings (SSSR count). The number of hydrogen-bond donors (Lipinski definition) is 0. The van der Waals surface area contributed by atoms with Gasteiger partial charge in [0.2, 0.25) is 0 Å². The third kappa shape index (κ3) is 3.68. The Hall–Kier alpha value is -3.14. The molecule has 6 nitrogen and oxygen atoms in total. The predicted octanol–water partition coefficient (Wildman–Crippen LogP) is 4.76. The van der Waals surface area contributed by atoms with E-state index in [-0.39, 0.29) is 12.2 Å². The lowest BCUT2D eigenvalue weighted by atomic mass is 9.99. The minimum atomic E-state index is 0.284. The number of ether oxygens (including phenoxy) is 2. The number of anilines is 1. The zero-order valence-corrected chi connectivity index (χ0v) is 18.8. The first-order valence-electron chi connectivity index (χ1n) is 11.2. The maximum absolute atomic E-state index is 7.17. The monoisotopic (exact) mass is 428 g/mol. The van der Waals surface area contributed by atoms with Crippen LogP contribution in [0.2, 0.25) is 0 Å². The maximum atomic E-state index is 7.17. The molecule has 2 saturated heterocycles. The van der Waals surface area contributed by atoms with Crippen molar-refractivity contribution in [2.75, 3.05) is 38.2 Å². The molecule has 0 bridgehead atoms. The Morgan fingerprint density at radius 2 is 1.75 bits per heavy atom. The highest BCUT2D eigenvalue weighted by Crippen LogP contribution is 2.40. The molecule has 2 aliphatic heterocycles. The molecule has 2 fully saturated rings. The fourth-order valence-corrected chi connectivity index (χ4v) is 4.98. The number of rotatable bonds is 4. The van der Waals surface area contributed by atoms with Gasteiger partial charge < -0.3 is 14.4 Å². The molecular formula is C26H28N4O2. The summed E-state index contributed by atoms with van der Waals surface area (Å²) in [6, 6.07) is 14.4. The Labute approximate surface area is 189 Å². The maximum Gasteiger partial charge on any atom is 0.187 e. The van der Waals surface area contributed by atoms with Crippen LogP contribution < -0.4 is 9.64 Å². The van der Waals surface area contributed by atoms with E-state index in [4.69, 9.17) is 21.0 Å². The fraction of sp³-hybridized carbons (Fsp3) is 0.385. The molecule has 3 heterocycles. The van der Waals surface area contributed by atoms with E-state index in [0.717, 1.165) is 59.6 Å². The molecule has 0 saturated carbocycles. The van der Waals surface area contributed by atoms with Gasteiger partial charge >= 0.3 is 0 Å². The van der Waals surface area contributed by atoms with Gasteiger partial charge in [-0.15, -0.1) is 0 Å². The van der Waals surface area contributed by atoms with E-state index in [1.165, 1.54) is 0 Å². The summed E-state index contributed by atoms with van der Waals surface area (Å²) in [5.74, 6) is 0.872. The molecule has 0 spiro atoms. The van der Waals surface area contributed by atoms with Crippen LogP contribution in [0.25, 0.3) is 26.9 Å². The van der Waals surface area contributed by atoms with Gasteiger partial charge in [0.05, 0.1) is 43.3 Å². The Morgan fingerprint density at radius 1 is 1.03 bits per heavy atom. The second kappa shape index (κ2) is 8.42. The lowest BCUT2D eigenvalue weighted by molar-refractivity contribution is -0.0831. The first-order valence-corrected chi connectivity index (χ1v) is 11.2. The van der Waals surface area contributed by atoms with Crippen LogP contribution in [0, 0.1) is 6.57 Å². The molecule has 1 aromatic heterocycles. The van der Waals surface area contributed by atoms with Gasteiger partial charge in [-0.2, -0.15) is 0 Å². The molecule has 3 aromatic rings. The number of methoxy groups -OCH3 is 1. The van der Waals surface area contributed by atoms with Crippen molar-refractivity contribution >= 4 is 22.3 Å². The van der Waals surface area contributed by atoms with Crippen molar-refractivity contribution in [1.82, 2.24) is 9.88 Å². The fourth-order valence-electron chi connectivity index (χ4n) is 4.98. The van der Waals surface area contributed by atoms with Crippen LogP contribution in [0.15, 0.2) is 48.7 Å². The Balaban J connectivity index is 1.43. The zero-order chi connectivity index (χ0) is 22.2. The number of fused-ring (bicyclic) bond motifs is 1. The molecule has 0 amide bonds. The summed E-state index contributed by atoms with van der Waals surface area (Å²) in [5.41, 5.74) is 4.69. The van der Waals surface area contributed by atoms with E-state index in [0.29, 0.717) is 11.7 Å². The van der Waals surface area contributed by atoms with E-state index in [1.54, 1.807) is 7.11 Å². The van der Waals surface area contributed by atoms with E-state index in [2.05, 4.69) is 40.6 Å². The molecule has 2 atom stereocenters. The first kappa shape index (κ1) is 20.7. The summed E-state index contributed by atoms with van der Waals surface area (Å²) in [7, 11) is 1.73. The van der Waals surface area contributed by atoms with Crippen molar-refractivity contribution in [1.29, 1.82) is 0 Å². The van der Waals surface area contributed by atoms with E-state index >= 15 is 0 Å². The summed E-state index contributed by atoms with van der Waals surface area (Å²) in [6.07, 6.45) is 2.51. The number of nitrogens with zero attached hydrogens (tertiary/aromatic N) is 4. The SMILES string of the molecule is [C-]#[N+]c1ccc(-c2cccc3c(OC)c(N4CC(N5C[C@@H](C)O[C@@H](C)C5)C4)cnc23)cc1. The van der Waals surface area contributed by atoms with E-state index in [9.17, 15) is 0 Å². The highest BCUT2D eigenvalue weighted by Gasteiger charge is 2.37. The highest BCUT2D eigenvalue weighted by atomic mass is 16.5. The zero-order valence-electron chi connectivity index (χ0n) is 18.8. The summed E-state index contributed by atoms with van der Waals surface area (Å²) in [4.78, 5) is 13.3. The number of pyridine rings is 1. The molecule has 6 heteroatoms. The first-order chi connectivity index (χ1) is 15.6. The Morgan fingerprint density at radius 3 is 2.41 bits per heavy atom. The molecule has 0 radical (unpaired) electrons. The molecule has 32 heavy (non-hydrogen) atoms. The van der Waals surface area contributed by atoms with Crippen molar-refractivity contribution in [3.05, 3.63) is 60.1 Å². The molecule has 0 aliphatic carbocycles. The van der Waals surface area contributed by atoms with Crippen LogP contribution >= 0.6 is 0 Å². The van der Waals surface area contributed by atoms with Crippen molar-refractivity contribution in [3.63, 3.8) is 0 Å². The smallest absolute Gasteiger partial charge is 0.187 e. The number of morpholine rings is 1. The summed E-state index contributed by atoms with van der Waals surface area (Å²) < 4.78 is 11.8. The van der Waals surface area contributed by atoms with Crippen LogP contribution in [-0.4, -0.2) is 61.4 Å². The lowest BCUT2D eigenvalue weighted by Gasteiger charge is -2.49. The number of benzene rings is 2. The number of para-hydroxylation sites is 1. The molecule has 2 aliphatic rings. The van der Waals surface area contributed by atoms with Crippen LogP contribution in [0.4, 0.5) is 11.4 Å². The standard InChI is InChI=1S/C26H28N4O2/c1-17-13-29(14-18(2)32-17)21-15-30(16-21)24-12-28-25-22(6-5-7-23(25)26(24)31-4)19-8-10-20(27-3)11-9-19/h5-12,17-18,21H,13-16H2,1-2,4H3/t17-,18+. The second-order valence-corrected chi connectivity index (χ2v) is 8.81. The highest BCUT2D eigenvalue weighted by molar-refractivity contribution is 5.99. The summed E-state index contributed by atoms with van der Waals surface area (Å²) >= 11 is 0. The molecule has 0 unspecified atom stereocenters. The van der Waals surface area contributed by atoms with Crippen molar-refractivity contribution in [3.8, 4) is 16.9 Å². The molecule has 2 aromatic carbocycles. The third-order valence-corrected chi connectivity index (χ3v) is 6.51. The molecule has 164 valence electrons. The normalized spacial score (nSPS) is 21.9. The van der Waals surface area contributed by atoms with E-state index < -0.39 is 0 Å². The average Bonchev–Trinajstić information content (AvgIpc) is 2.77. The quantitative estimate of drug-likeness (QED) is 0.561. The van der Waals surface area contributed by atoms with Gasteiger partial charge in [-0.3, -0.25) is 9.88 Å². The topological polar surface area (TPSA) is 42.2 Å². The second-order valence-electron chi connectivity index (χ2n) is 8.81. The van der Waals surface area contributed by atoms with Crippen LogP contribution in [-0.2, 0) is 4.74 Å². The predicted molar refractivity (Wildman–Crippen MR) is 128 cm³/mol. The van der Waals surface area contributed by atoms with Crippen molar-refractivity contribution in [2.45, 2.75) is 32.1 Å². The van der Waals surface area contributed by atoms with Crippen LogP contribution in [0.1, 0.15) is 13.8 Å². The largest absolute Gasteiger partial charge is 0.494 e. The minimum Gasteiger partial charge on any atom is -0.494 e. The summed E-state index contributed by atoms with van der Waals surface area (Å²) in [6.45, 7) is 15.4. The minimum absolute atomic E-state index is 0.284. The van der Waals surface area contributed by atoms with Gasteiger partial charge in [0.1, 0.15) is 0 Å². The molecule has 0 N–H and O–H groups in total. The van der Waals surface area contributed by atoms with Crippen molar-refractivity contribution in [2.24, 2.45) is 0 Å². The van der Waals surface area contributed by atoms with Crippen molar-refractivity contribution < 1.29 is 9.47 Å². The van der Waals surface area contributed by atoms with Gasteiger partial charge in [-0.1, -0.05) is 36.4 Å². The van der Waals surface area contributed by atoms with Gasteiger partial charge in [0.25, 0.3) is 0 Å². The van der Waals surface area contributed by atoms with Gasteiger partial charge in [0.15, 0.2) is 11.4 Å². The van der Waals surface area contributed by atoms with Gasteiger partial charge in [0, 0.05) is 43.2 Å². The lowest BCUT2D eigenvalue weighted by Crippen LogP contribution is -2.63. The number of hydrogen-bond acceptors (Lipinski definition) is 5. The third-order valence-electron chi connectivity index (χ3n) is 6.51. The Kier molecular flexibility index (Phi) is 5.46. The molecular weight excluding hydrogens is 400 g/mol. The summed E-state index contributed by atoms with van der Waals surface area (Å²) in [5, 5.41) is 1.01. The average molecular weight is 429 g/mol. The van der Waals surface area contributed by atoms with Gasteiger partial charge in [-0.25, -0.2) is 4.85 Å². The van der Waals surface area contributed by atoms with E-state index in [1.807, 2.05) is 36.5 Å². The van der Waals surface area contributed by atoms with Gasteiger partial charge in [-0.05, 0) is 25.5 Å². The Bertz CT molecular complexity index is 1150. The number of aromatic nitrogens is 1. The van der Waals surface area contributed by atoms with Crippen LogP contribution in [0.3, 0.4) is 0 Å².